The fourth-order valence-electron chi connectivity index (χ4n) is 2.50. The number of rotatable bonds is 4. The highest BCUT2D eigenvalue weighted by Gasteiger charge is 2.14. The maximum absolute atomic E-state index is 5.54. The van der Waals surface area contributed by atoms with Crippen LogP contribution in [0.1, 0.15) is 24.1 Å². The molecular formula is C17H19NO2. The minimum absolute atomic E-state index is 0.259. The molecule has 0 aromatic heterocycles. The van der Waals surface area contributed by atoms with Gasteiger partial charge in [0.1, 0.15) is 11.5 Å². The maximum Gasteiger partial charge on any atom is 0.122 e. The van der Waals surface area contributed by atoms with Crippen molar-refractivity contribution in [1.82, 2.24) is 0 Å². The predicted octanol–water partition coefficient (Wildman–Crippen LogP) is 3.80. The van der Waals surface area contributed by atoms with Crippen molar-refractivity contribution in [1.29, 1.82) is 0 Å². The van der Waals surface area contributed by atoms with Gasteiger partial charge in [0.05, 0.1) is 13.7 Å². The number of nitrogens with one attached hydrogen (secondary N) is 1. The third-order valence-electron chi connectivity index (χ3n) is 3.69. The molecule has 0 saturated heterocycles. The molecule has 1 N–H and O–H groups in total. The number of anilines is 1. The van der Waals surface area contributed by atoms with Crippen molar-refractivity contribution in [3.63, 3.8) is 0 Å². The summed E-state index contributed by atoms with van der Waals surface area (Å²) in [6, 6.07) is 14.7. The van der Waals surface area contributed by atoms with Gasteiger partial charge in [-0.1, -0.05) is 6.07 Å². The molecule has 20 heavy (non-hydrogen) atoms. The number of ether oxygens (including phenoxy) is 2. The van der Waals surface area contributed by atoms with Crippen LogP contribution in [-0.2, 0) is 6.42 Å². The van der Waals surface area contributed by atoms with E-state index >= 15 is 0 Å². The van der Waals surface area contributed by atoms with Crippen LogP contribution in [0.3, 0.4) is 0 Å². The number of fused-ring (bicyclic) bond motifs is 1. The van der Waals surface area contributed by atoms with E-state index in [4.69, 9.17) is 9.47 Å². The molecular weight excluding hydrogens is 250 g/mol. The Kier molecular flexibility index (Phi) is 3.50. The number of hydrogen-bond donors (Lipinski definition) is 1. The Morgan fingerprint density at radius 3 is 2.70 bits per heavy atom. The Hall–Kier alpha value is -2.16. The second-order valence-corrected chi connectivity index (χ2v) is 5.06. The second kappa shape index (κ2) is 5.45. The zero-order chi connectivity index (χ0) is 13.9. The van der Waals surface area contributed by atoms with Crippen LogP contribution in [0.5, 0.6) is 11.5 Å². The fraction of sp³-hybridized carbons (Fsp3) is 0.294. The molecule has 3 heteroatoms. The van der Waals surface area contributed by atoms with Crippen LogP contribution in [0.15, 0.2) is 42.5 Å². The maximum atomic E-state index is 5.54. The van der Waals surface area contributed by atoms with Crippen molar-refractivity contribution in [3.05, 3.63) is 53.6 Å². The highest BCUT2D eigenvalue weighted by Crippen LogP contribution is 2.29. The van der Waals surface area contributed by atoms with E-state index in [0.29, 0.717) is 0 Å². The molecule has 1 heterocycles. The van der Waals surface area contributed by atoms with E-state index in [1.165, 1.54) is 11.1 Å². The van der Waals surface area contributed by atoms with Gasteiger partial charge in [-0.25, -0.2) is 0 Å². The Balaban J connectivity index is 1.73. The van der Waals surface area contributed by atoms with Crippen LogP contribution < -0.4 is 14.8 Å². The van der Waals surface area contributed by atoms with Crippen LogP contribution in [0, 0.1) is 0 Å². The van der Waals surface area contributed by atoms with Crippen LogP contribution in [0.4, 0.5) is 5.69 Å². The second-order valence-electron chi connectivity index (χ2n) is 5.06. The zero-order valence-corrected chi connectivity index (χ0v) is 11.8. The first-order valence-electron chi connectivity index (χ1n) is 6.92. The molecule has 0 fully saturated rings. The van der Waals surface area contributed by atoms with Gasteiger partial charge in [0.15, 0.2) is 0 Å². The van der Waals surface area contributed by atoms with Gasteiger partial charge < -0.3 is 14.8 Å². The van der Waals surface area contributed by atoms with Crippen LogP contribution in [-0.4, -0.2) is 13.7 Å². The standard InChI is InChI=1S/C17H19NO2/c1-12(18-15-4-6-16(19-2)7-5-15)13-3-8-17-14(11-13)9-10-20-17/h3-8,11-12,18H,9-10H2,1-2H3. The molecule has 3 nitrogen and oxygen atoms in total. The van der Waals surface area contributed by atoms with E-state index in [0.717, 1.165) is 30.2 Å². The summed E-state index contributed by atoms with van der Waals surface area (Å²) in [6.45, 7) is 2.97. The molecule has 3 rings (SSSR count). The Labute approximate surface area is 119 Å². The van der Waals surface area contributed by atoms with Gasteiger partial charge in [-0.2, -0.15) is 0 Å². The Bertz CT molecular complexity index is 592. The molecule has 1 aliphatic heterocycles. The average molecular weight is 269 g/mol. The highest BCUT2D eigenvalue weighted by atomic mass is 16.5. The SMILES string of the molecule is COc1ccc(NC(C)c2ccc3c(c2)CCO3)cc1. The van der Waals surface area contributed by atoms with Gasteiger partial charge in [0.25, 0.3) is 0 Å². The molecule has 0 saturated carbocycles. The number of hydrogen-bond acceptors (Lipinski definition) is 3. The van der Waals surface area contributed by atoms with Gasteiger partial charge in [0.2, 0.25) is 0 Å². The van der Waals surface area contributed by atoms with Crippen molar-refractivity contribution in [3.8, 4) is 11.5 Å². The fourth-order valence-corrected chi connectivity index (χ4v) is 2.50. The molecule has 0 aliphatic carbocycles. The summed E-state index contributed by atoms with van der Waals surface area (Å²) in [5.41, 5.74) is 3.69. The van der Waals surface area contributed by atoms with E-state index in [-0.39, 0.29) is 6.04 Å². The third kappa shape index (κ3) is 2.57. The van der Waals surface area contributed by atoms with Crippen molar-refractivity contribution in [2.24, 2.45) is 0 Å². The first-order valence-corrected chi connectivity index (χ1v) is 6.92. The quantitative estimate of drug-likeness (QED) is 0.915. The molecule has 1 unspecified atom stereocenters. The molecule has 0 bridgehead atoms. The minimum Gasteiger partial charge on any atom is -0.497 e. The first-order chi connectivity index (χ1) is 9.76. The van der Waals surface area contributed by atoms with E-state index in [9.17, 15) is 0 Å². The summed E-state index contributed by atoms with van der Waals surface area (Å²) in [4.78, 5) is 0. The summed E-state index contributed by atoms with van der Waals surface area (Å²) >= 11 is 0. The normalized spacial score (nSPS) is 14.3. The Morgan fingerprint density at radius 2 is 1.95 bits per heavy atom. The van der Waals surface area contributed by atoms with Crippen molar-refractivity contribution in [2.75, 3.05) is 19.0 Å². The molecule has 2 aromatic rings. The largest absolute Gasteiger partial charge is 0.497 e. The summed E-state index contributed by atoms with van der Waals surface area (Å²) in [6.07, 6.45) is 1.01. The van der Waals surface area contributed by atoms with Crippen molar-refractivity contribution < 1.29 is 9.47 Å². The van der Waals surface area contributed by atoms with E-state index in [2.05, 4.69) is 30.4 Å². The summed E-state index contributed by atoms with van der Waals surface area (Å²) in [7, 11) is 1.68. The van der Waals surface area contributed by atoms with E-state index in [1.807, 2.05) is 24.3 Å². The topological polar surface area (TPSA) is 30.5 Å². The van der Waals surface area contributed by atoms with Gasteiger partial charge in [-0.3, -0.25) is 0 Å². The van der Waals surface area contributed by atoms with Crippen molar-refractivity contribution >= 4 is 5.69 Å². The van der Waals surface area contributed by atoms with Gasteiger partial charge in [-0.15, -0.1) is 0 Å². The van der Waals surface area contributed by atoms with E-state index < -0.39 is 0 Å². The minimum atomic E-state index is 0.259. The number of methoxy groups -OCH3 is 1. The molecule has 1 aliphatic rings. The molecule has 0 spiro atoms. The lowest BCUT2D eigenvalue weighted by molar-refractivity contribution is 0.357. The molecule has 0 radical (unpaired) electrons. The van der Waals surface area contributed by atoms with Gasteiger partial charge in [0, 0.05) is 18.2 Å². The van der Waals surface area contributed by atoms with Crippen LogP contribution in [0.25, 0.3) is 0 Å². The lowest BCUT2D eigenvalue weighted by Gasteiger charge is -2.16. The van der Waals surface area contributed by atoms with Crippen LogP contribution in [0.2, 0.25) is 0 Å². The summed E-state index contributed by atoms with van der Waals surface area (Å²) < 4.78 is 10.7. The predicted molar refractivity (Wildman–Crippen MR) is 80.7 cm³/mol. The smallest absolute Gasteiger partial charge is 0.122 e. The zero-order valence-electron chi connectivity index (χ0n) is 11.8. The van der Waals surface area contributed by atoms with Crippen LogP contribution >= 0.6 is 0 Å². The monoisotopic (exact) mass is 269 g/mol. The van der Waals surface area contributed by atoms with Gasteiger partial charge >= 0.3 is 0 Å². The lowest BCUT2D eigenvalue weighted by atomic mass is 10.0. The molecule has 104 valence electrons. The third-order valence-corrected chi connectivity index (χ3v) is 3.69. The average Bonchev–Trinajstić information content (AvgIpc) is 2.95. The van der Waals surface area contributed by atoms with Crippen molar-refractivity contribution in [2.45, 2.75) is 19.4 Å². The van der Waals surface area contributed by atoms with E-state index in [1.54, 1.807) is 7.11 Å². The molecule has 2 aromatic carbocycles. The molecule has 1 atom stereocenters. The Morgan fingerprint density at radius 1 is 1.15 bits per heavy atom. The summed E-state index contributed by atoms with van der Waals surface area (Å²) in [5.74, 6) is 1.91. The molecule has 0 amide bonds. The first kappa shape index (κ1) is 12.9. The lowest BCUT2D eigenvalue weighted by Crippen LogP contribution is -2.06. The van der Waals surface area contributed by atoms with Gasteiger partial charge in [-0.05, 0) is 54.4 Å². The summed E-state index contributed by atoms with van der Waals surface area (Å²) in [5, 5.41) is 3.50. The number of benzene rings is 2. The highest BCUT2D eigenvalue weighted by molar-refractivity contribution is 5.49.